The number of benzene rings is 2. The van der Waals surface area contributed by atoms with Crippen molar-refractivity contribution in [3.8, 4) is 5.75 Å². The molecular weight excluding hydrogens is 288 g/mol. The minimum absolute atomic E-state index is 0.0721. The Hall–Kier alpha value is -2.04. The van der Waals surface area contributed by atoms with E-state index in [1.165, 1.54) is 0 Å². The normalized spacial score (nSPS) is 10.2. The van der Waals surface area contributed by atoms with Gasteiger partial charge in [0.15, 0.2) is 6.61 Å². The summed E-state index contributed by atoms with van der Waals surface area (Å²) in [6.07, 6.45) is 0.781. The fourth-order valence-corrected chi connectivity index (χ4v) is 2.04. The number of hydrogen-bond acceptors (Lipinski definition) is 3. The van der Waals surface area contributed by atoms with Crippen LogP contribution in [0.1, 0.15) is 5.56 Å². The van der Waals surface area contributed by atoms with Gasteiger partial charge in [0.1, 0.15) is 5.75 Å². The van der Waals surface area contributed by atoms with Crippen molar-refractivity contribution < 1.29 is 9.53 Å². The molecule has 0 unspecified atom stereocenters. The van der Waals surface area contributed by atoms with Gasteiger partial charge < -0.3 is 15.8 Å². The van der Waals surface area contributed by atoms with E-state index in [-0.39, 0.29) is 12.5 Å². The number of amides is 1. The number of rotatable bonds is 6. The molecule has 5 heteroatoms. The first-order valence-electron chi connectivity index (χ1n) is 6.65. The van der Waals surface area contributed by atoms with Crippen LogP contribution in [0.2, 0.25) is 5.02 Å². The SMILES string of the molecule is NCCc1cccc(OCC(=O)Nc2ccccc2Cl)c1. The number of hydrogen-bond donors (Lipinski definition) is 2. The number of nitrogens with two attached hydrogens (primary N) is 1. The maximum atomic E-state index is 11.8. The van der Waals surface area contributed by atoms with Crippen molar-refractivity contribution in [3.63, 3.8) is 0 Å². The Balaban J connectivity index is 1.89. The van der Waals surface area contributed by atoms with E-state index in [2.05, 4.69) is 5.32 Å². The molecule has 0 fully saturated rings. The smallest absolute Gasteiger partial charge is 0.262 e. The zero-order chi connectivity index (χ0) is 15.1. The Morgan fingerprint density at radius 3 is 2.76 bits per heavy atom. The van der Waals surface area contributed by atoms with Crippen LogP contribution < -0.4 is 15.8 Å². The summed E-state index contributed by atoms with van der Waals surface area (Å²) in [6.45, 7) is 0.508. The predicted octanol–water partition coefficient (Wildman–Crippen LogP) is 2.86. The molecule has 0 saturated heterocycles. The first-order chi connectivity index (χ1) is 10.2. The largest absolute Gasteiger partial charge is 0.484 e. The quantitative estimate of drug-likeness (QED) is 0.862. The van der Waals surface area contributed by atoms with Gasteiger partial charge in [-0.25, -0.2) is 0 Å². The van der Waals surface area contributed by atoms with Gasteiger partial charge in [0.2, 0.25) is 0 Å². The van der Waals surface area contributed by atoms with Crippen LogP contribution in [-0.2, 0) is 11.2 Å². The van der Waals surface area contributed by atoms with Crippen molar-refractivity contribution in [2.24, 2.45) is 5.73 Å². The van der Waals surface area contributed by atoms with Crippen molar-refractivity contribution in [1.29, 1.82) is 0 Å². The molecule has 0 spiro atoms. The van der Waals surface area contributed by atoms with Crippen LogP contribution in [0.4, 0.5) is 5.69 Å². The van der Waals surface area contributed by atoms with E-state index in [9.17, 15) is 4.79 Å². The maximum absolute atomic E-state index is 11.8. The minimum Gasteiger partial charge on any atom is -0.484 e. The highest BCUT2D eigenvalue weighted by molar-refractivity contribution is 6.33. The van der Waals surface area contributed by atoms with Crippen LogP contribution >= 0.6 is 11.6 Å². The molecule has 0 heterocycles. The van der Waals surface area contributed by atoms with E-state index >= 15 is 0 Å². The van der Waals surface area contributed by atoms with Crippen LogP contribution in [0.5, 0.6) is 5.75 Å². The highest BCUT2D eigenvalue weighted by atomic mass is 35.5. The molecule has 110 valence electrons. The third kappa shape index (κ3) is 4.77. The summed E-state index contributed by atoms with van der Waals surface area (Å²) >= 11 is 5.97. The lowest BCUT2D eigenvalue weighted by molar-refractivity contribution is -0.118. The van der Waals surface area contributed by atoms with Gasteiger partial charge >= 0.3 is 0 Å². The first kappa shape index (κ1) is 15.4. The number of anilines is 1. The lowest BCUT2D eigenvalue weighted by Gasteiger charge is -2.09. The van der Waals surface area contributed by atoms with Gasteiger partial charge in [-0.05, 0) is 42.8 Å². The maximum Gasteiger partial charge on any atom is 0.262 e. The first-order valence-corrected chi connectivity index (χ1v) is 7.03. The molecule has 2 aromatic rings. The Kier molecular flexibility index (Phi) is 5.60. The van der Waals surface area contributed by atoms with Gasteiger partial charge in [-0.15, -0.1) is 0 Å². The molecular formula is C16H17ClN2O2. The van der Waals surface area contributed by atoms with Crippen molar-refractivity contribution >= 4 is 23.2 Å². The summed E-state index contributed by atoms with van der Waals surface area (Å²) < 4.78 is 5.47. The van der Waals surface area contributed by atoms with Gasteiger partial charge in [0.05, 0.1) is 10.7 Å². The molecule has 0 aliphatic carbocycles. The summed E-state index contributed by atoms with van der Waals surface area (Å²) in [7, 11) is 0. The average molecular weight is 305 g/mol. The molecule has 3 N–H and O–H groups in total. The Labute approximate surface area is 128 Å². The highest BCUT2D eigenvalue weighted by Gasteiger charge is 2.06. The van der Waals surface area contributed by atoms with Crippen molar-refractivity contribution in [2.45, 2.75) is 6.42 Å². The molecule has 1 amide bonds. The topological polar surface area (TPSA) is 64.3 Å². The van der Waals surface area contributed by atoms with Crippen LogP contribution in [0.15, 0.2) is 48.5 Å². The molecule has 2 aromatic carbocycles. The minimum atomic E-state index is -0.257. The summed E-state index contributed by atoms with van der Waals surface area (Å²) in [5, 5.41) is 3.20. The summed E-state index contributed by atoms with van der Waals surface area (Å²) in [5.41, 5.74) is 7.17. The molecule has 0 atom stereocenters. The van der Waals surface area contributed by atoms with Gasteiger partial charge in [-0.1, -0.05) is 35.9 Å². The molecule has 0 aliphatic heterocycles. The van der Waals surface area contributed by atoms with Gasteiger partial charge in [0, 0.05) is 0 Å². The molecule has 0 bridgehead atoms. The Morgan fingerprint density at radius 1 is 1.19 bits per heavy atom. The third-order valence-corrected chi connectivity index (χ3v) is 3.18. The summed E-state index contributed by atoms with van der Waals surface area (Å²) in [5.74, 6) is 0.391. The van der Waals surface area contributed by atoms with Gasteiger partial charge in [-0.3, -0.25) is 4.79 Å². The number of carbonyl (C=O) groups is 1. The zero-order valence-electron chi connectivity index (χ0n) is 11.5. The van der Waals surface area contributed by atoms with E-state index in [1.54, 1.807) is 24.3 Å². The molecule has 4 nitrogen and oxygen atoms in total. The fourth-order valence-electron chi connectivity index (χ4n) is 1.86. The van der Waals surface area contributed by atoms with E-state index < -0.39 is 0 Å². The van der Waals surface area contributed by atoms with Gasteiger partial charge in [-0.2, -0.15) is 0 Å². The monoisotopic (exact) mass is 304 g/mol. The molecule has 0 radical (unpaired) electrons. The van der Waals surface area contributed by atoms with E-state index in [0.29, 0.717) is 23.0 Å². The van der Waals surface area contributed by atoms with E-state index in [1.807, 2.05) is 24.3 Å². The second-order valence-corrected chi connectivity index (χ2v) is 4.91. The summed E-state index contributed by atoms with van der Waals surface area (Å²) in [6, 6.07) is 14.6. The second kappa shape index (κ2) is 7.67. The third-order valence-electron chi connectivity index (χ3n) is 2.85. The van der Waals surface area contributed by atoms with Crippen molar-refractivity contribution in [3.05, 3.63) is 59.1 Å². The van der Waals surface area contributed by atoms with E-state index in [4.69, 9.17) is 22.1 Å². The molecule has 21 heavy (non-hydrogen) atoms. The van der Waals surface area contributed by atoms with Crippen LogP contribution in [-0.4, -0.2) is 19.1 Å². The van der Waals surface area contributed by atoms with Gasteiger partial charge in [0.25, 0.3) is 5.91 Å². The number of ether oxygens (including phenoxy) is 1. The lowest BCUT2D eigenvalue weighted by Crippen LogP contribution is -2.20. The van der Waals surface area contributed by atoms with E-state index in [0.717, 1.165) is 12.0 Å². The highest BCUT2D eigenvalue weighted by Crippen LogP contribution is 2.20. The molecule has 2 rings (SSSR count). The standard InChI is InChI=1S/C16H17ClN2O2/c17-14-6-1-2-7-15(14)19-16(20)11-21-13-5-3-4-12(10-13)8-9-18/h1-7,10H,8-9,11,18H2,(H,19,20). The Morgan fingerprint density at radius 2 is 2.00 bits per heavy atom. The number of para-hydroxylation sites is 1. The second-order valence-electron chi connectivity index (χ2n) is 4.50. The number of carbonyl (C=O) groups excluding carboxylic acids is 1. The van der Waals surface area contributed by atoms with Crippen LogP contribution in [0.3, 0.4) is 0 Å². The molecule has 0 aromatic heterocycles. The number of nitrogens with one attached hydrogen (secondary N) is 1. The summed E-state index contributed by atoms with van der Waals surface area (Å²) in [4.78, 5) is 11.8. The lowest BCUT2D eigenvalue weighted by atomic mass is 10.1. The zero-order valence-corrected chi connectivity index (χ0v) is 12.3. The van der Waals surface area contributed by atoms with Crippen molar-refractivity contribution in [1.82, 2.24) is 0 Å². The van der Waals surface area contributed by atoms with Crippen LogP contribution in [0.25, 0.3) is 0 Å². The van der Waals surface area contributed by atoms with Crippen LogP contribution in [0, 0.1) is 0 Å². The predicted molar refractivity (Wildman–Crippen MR) is 84.8 cm³/mol. The Bertz CT molecular complexity index is 617. The average Bonchev–Trinajstić information content (AvgIpc) is 2.48. The molecule has 0 aliphatic rings. The fraction of sp³-hybridized carbons (Fsp3) is 0.188. The van der Waals surface area contributed by atoms with Crippen molar-refractivity contribution in [2.75, 3.05) is 18.5 Å². The molecule has 0 saturated carbocycles. The number of halogens is 1.